The molecule has 3 aromatic carbocycles. The average Bonchev–Trinajstić information content (AvgIpc) is 2.92. The van der Waals surface area contributed by atoms with Gasteiger partial charge in [-0.1, -0.05) is 24.3 Å². The molecule has 2 bridgehead atoms. The van der Waals surface area contributed by atoms with E-state index in [2.05, 4.69) is 10.2 Å². The van der Waals surface area contributed by atoms with Crippen molar-refractivity contribution in [1.29, 1.82) is 0 Å². The van der Waals surface area contributed by atoms with Gasteiger partial charge in [0.25, 0.3) is 11.6 Å². The molecule has 10 nitrogen and oxygen atoms in total. The fourth-order valence-corrected chi connectivity index (χ4v) is 5.63. The van der Waals surface area contributed by atoms with Gasteiger partial charge in [0.2, 0.25) is 0 Å². The lowest BCUT2D eigenvalue weighted by molar-refractivity contribution is -0.384. The van der Waals surface area contributed by atoms with Crippen LogP contribution in [-0.2, 0) is 0 Å². The van der Waals surface area contributed by atoms with Crippen molar-refractivity contribution in [3.63, 3.8) is 0 Å². The number of para-hydroxylation sites is 1. The first-order valence-electron chi connectivity index (χ1n) is 12.6. The number of rotatable bonds is 4. The molecule has 3 aromatic rings. The molecule has 0 spiro atoms. The molecule has 10 heteroatoms. The van der Waals surface area contributed by atoms with Gasteiger partial charge in [-0.3, -0.25) is 19.8 Å². The predicted octanol–water partition coefficient (Wildman–Crippen LogP) is 4.33. The summed E-state index contributed by atoms with van der Waals surface area (Å²) in [6.07, 6.45) is 0.582. The smallest absolute Gasteiger partial charge is 0.325 e. The first-order valence-corrected chi connectivity index (χ1v) is 12.6. The lowest BCUT2D eigenvalue weighted by Gasteiger charge is -2.50. The minimum atomic E-state index is -0.889. The maximum absolute atomic E-state index is 13.4. The molecule has 0 aliphatic carbocycles. The molecule has 2 atom stereocenters. The van der Waals surface area contributed by atoms with Crippen LogP contribution in [-0.4, -0.2) is 53.7 Å². The van der Waals surface area contributed by atoms with E-state index in [4.69, 9.17) is 4.74 Å². The van der Waals surface area contributed by atoms with E-state index in [9.17, 15) is 19.7 Å². The van der Waals surface area contributed by atoms with Gasteiger partial charge in [0.1, 0.15) is 5.75 Å². The van der Waals surface area contributed by atoms with Crippen molar-refractivity contribution in [2.24, 2.45) is 0 Å². The van der Waals surface area contributed by atoms with Crippen molar-refractivity contribution >= 4 is 29.0 Å². The Morgan fingerprint density at radius 1 is 1.00 bits per heavy atom. The summed E-state index contributed by atoms with van der Waals surface area (Å²) in [6.45, 7) is 4.17. The monoisotopic (exact) mass is 513 g/mol. The van der Waals surface area contributed by atoms with E-state index in [1.165, 1.54) is 12.1 Å². The van der Waals surface area contributed by atoms with Gasteiger partial charge >= 0.3 is 6.03 Å². The zero-order valence-corrected chi connectivity index (χ0v) is 20.9. The summed E-state index contributed by atoms with van der Waals surface area (Å²) in [5.41, 5.74) is 2.12. The molecule has 6 rings (SSSR count). The number of non-ortho nitro benzene ring substituents is 1. The molecule has 0 saturated carbocycles. The van der Waals surface area contributed by atoms with Crippen molar-refractivity contribution in [2.45, 2.75) is 25.1 Å². The molecule has 2 unspecified atom stereocenters. The van der Waals surface area contributed by atoms with Gasteiger partial charge in [0, 0.05) is 61.5 Å². The Balaban J connectivity index is 1.18. The Morgan fingerprint density at radius 3 is 2.47 bits per heavy atom. The van der Waals surface area contributed by atoms with Crippen LogP contribution in [0.15, 0.2) is 72.8 Å². The van der Waals surface area contributed by atoms with E-state index in [0.29, 0.717) is 43.9 Å². The second-order valence-corrected chi connectivity index (χ2v) is 9.96. The molecular formula is C28H27N5O5. The molecule has 2 saturated heterocycles. The van der Waals surface area contributed by atoms with Crippen LogP contribution in [0.5, 0.6) is 5.75 Å². The number of amides is 3. The SMILES string of the molecule is CC12CC(NC(=O)N1c1cccc(C(=O)N3CCN(c4ccc([N+](=O)[O-])cc4)CC3)c1)c1ccccc1O2. The molecule has 3 heterocycles. The summed E-state index contributed by atoms with van der Waals surface area (Å²) in [6, 6.07) is 20.9. The third-order valence-electron chi connectivity index (χ3n) is 7.52. The molecule has 0 aromatic heterocycles. The van der Waals surface area contributed by atoms with Gasteiger partial charge in [-0.15, -0.1) is 0 Å². The van der Waals surface area contributed by atoms with Crippen molar-refractivity contribution in [3.05, 3.63) is 94.0 Å². The lowest BCUT2D eigenvalue weighted by atomic mass is 9.90. The number of piperazine rings is 1. The minimum absolute atomic E-state index is 0.0528. The number of carbonyl (C=O) groups is 2. The quantitative estimate of drug-likeness (QED) is 0.411. The number of hydrogen-bond acceptors (Lipinski definition) is 6. The largest absolute Gasteiger partial charge is 0.467 e. The number of carbonyl (C=O) groups excluding carboxylic acids is 2. The molecule has 3 amide bonds. The molecule has 194 valence electrons. The van der Waals surface area contributed by atoms with Crippen LogP contribution in [0.1, 0.15) is 35.3 Å². The Hall–Kier alpha value is -4.60. The zero-order chi connectivity index (χ0) is 26.4. The number of nitro benzene ring substituents is 1. The van der Waals surface area contributed by atoms with Crippen molar-refractivity contribution in [3.8, 4) is 5.75 Å². The number of anilines is 2. The van der Waals surface area contributed by atoms with Crippen LogP contribution in [0.25, 0.3) is 0 Å². The van der Waals surface area contributed by atoms with Gasteiger partial charge in [0.15, 0.2) is 5.72 Å². The van der Waals surface area contributed by atoms with E-state index in [0.717, 1.165) is 17.0 Å². The topological polar surface area (TPSA) is 108 Å². The van der Waals surface area contributed by atoms with Crippen LogP contribution >= 0.6 is 0 Å². The molecule has 0 radical (unpaired) electrons. The average molecular weight is 514 g/mol. The van der Waals surface area contributed by atoms with Gasteiger partial charge in [0.05, 0.1) is 16.7 Å². The Bertz CT molecular complexity index is 1420. The predicted molar refractivity (Wildman–Crippen MR) is 141 cm³/mol. The Labute approximate surface area is 219 Å². The number of nitrogens with zero attached hydrogens (tertiary/aromatic N) is 4. The third kappa shape index (κ3) is 4.07. The number of ether oxygens (including phenoxy) is 1. The molecule has 3 aliphatic heterocycles. The van der Waals surface area contributed by atoms with E-state index in [-0.39, 0.29) is 23.7 Å². The normalized spacial score (nSPS) is 22.3. The molecule has 38 heavy (non-hydrogen) atoms. The number of nitro groups is 1. The van der Waals surface area contributed by atoms with E-state index >= 15 is 0 Å². The standard InChI is InChI=1S/C28H27N5O5/c1-28-18-24(23-7-2-3-8-25(23)38-28)29-27(35)32(28)22-6-4-5-19(17-22)26(34)31-15-13-30(14-16-31)20-9-11-21(12-10-20)33(36)37/h2-12,17,24H,13-16,18H2,1H3,(H,29,35). The highest BCUT2D eigenvalue weighted by Gasteiger charge is 2.49. The van der Waals surface area contributed by atoms with E-state index in [1.54, 1.807) is 40.1 Å². The van der Waals surface area contributed by atoms with Crippen molar-refractivity contribution < 1.29 is 19.2 Å². The Morgan fingerprint density at radius 2 is 1.74 bits per heavy atom. The van der Waals surface area contributed by atoms with Crippen LogP contribution in [0.4, 0.5) is 21.9 Å². The number of benzene rings is 3. The molecular weight excluding hydrogens is 486 g/mol. The van der Waals surface area contributed by atoms with Crippen LogP contribution in [0.2, 0.25) is 0 Å². The maximum atomic E-state index is 13.4. The van der Waals surface area contributed by atoms with Gasteiger partial charge in [-0.25, -0.2) is 4.79 Å². The molecule has 1 N–H and O–H groups in total. The van der Waals surface area contributed by atoms with Gasteiger partial charge in [-0.2, -0.15) is 0 Å². The summed E-state index contributed by atoms with van der Waals surface area (Å²) in [7, 11) is 0. The highest BCUT2D eigenvalue weighted by Crippen LogP contribution is 2.45. The second-order valence-electron chi connectivity index (χ2n) is 9.96. The summed E-state index contributed by atoms with van der Waals surface area (Å²) in [5.74, 6) is 0.639. The summed E-state index contributed by atoms with van der Waals surface area (Å²) in [5, 5.41) is 14.0. The minimum Gasteiger partial charge on any atom is -0.467 e. The Kier molecular flexibility index (Phi) is 5.67. The van der Waals surface area contributed by atoms with E-state index < -0.39 is 10.6 Å². The molecule has 2 fully saturated rings. The number of urea groups is 1. The fraction of sp³-hybridized carbons (Fsp3) is 0.286. The number of fused-ring (bicyclic) bond motifs is 4. The van der Waals surface area contributed by atoms with Crippen molar-refractivity contribution in [2.75, 3.05) is 36.0 Å². The zero-order valence-electron chi connectivity index (χ0n) is 20.9. The fourth-order valence-electron chi connectivity index (χ4n) is 5.63. The molecule has 3 aliphatic rings. The first-order chi connectivity index (χ1) is 18.3. The lowest BCUT2D eigenvalue weighted by Crippen LogP contribution is -2.65. The first kappa shape index (κ1) is 23.8. The number of nitrogens with one attached hydrogen (secondary N) is 1. The summed E-state index contributed by atoms with van der Waals surface area (Å²) < 4.78 is 6.35. The third-order valence-corrected chi connectivity index (χ3v) is 7.52. The highest BCUT2D eigenvalue weighted by atomic mass is 16.6. The van der Waals surface area contributed by atoms with Crippen LogP contribution in [0, 0.1) is 10.1 Å². The van der Waals surface area contributed by atoms with Gasteiger partial charge in [-0.05, 0) is 43.3 Å². The summed E-state index contributed by atoms with van der Waals surface area (Å²) >= 11 is 0. The van der Waals surface area contributed by atoms with Crippen molar-refractivity contribution in [1.82, 2.24) is 10.2 Å². The number of hydrogen-bond donors (Lipinski definition) is 1. The summed E-state index contributed by atoms with van der Waals surface area (Å²) in [4.78, 5) is 42.7. The maximum Gasteiger partial charge on any atom is 0.325 e. The van der Waals surface area contributed by atoms with Crippen LogP contribution in [0.3, 0.4) is 0 Å². The highest BCUT2D eigenvalue weighted by molar-refractivity contribution is 5.99. The second kappa shape index (κ2) is 9.05. The van der Waals surface area contributed by atoms with Crippen LogP contribution < -0.4 is 19.9 Å². The van der Waals surface area contributed by atoms with E-state index in [1.807, 2.05) is 37.3 Å². The van der Waals surface area contributed by atoms with Gasteiger partial charge < -0.3 is 19.9 Å².